The number of carboxylic acids is 1. The number of carboxylic acid groups (broad SMARTS) is 1. The van der Waals surface area contributed by atoms with E-state index in [9.17, 15) is 4.79 Å². The highest BCUT2D eigenvalue weighted by Crippen LogP contribution is 2.24. The first kappa shape index (κ1) is 15.4. The van der Waals surface area contributed by atoms with E-state index in [1.807, 2.05) is 36.7 Å². The van der Waals surface area contributed by atoms with Gasteiger partial charge < -0.3 is 5.11 Å². The van der Waals surface area contributed by atoms with Crippen LogP contribution in [0.2, 0.25) is 0 Å². The molecule has 0 atom stereocenters. The van der Waals surface area contributed by atoms with Crippen LogP contribution in [0.15, 0.2) is 28.7 Å². The van der Waals surface area contributed by atoms with Crippen molar-refractivity contribution in [2.45, 2.75) is 26.7 Å². The summed E-state index contributed by atoms with van der Waals surface area (Å²) in [6, 6.07) is 5.62. The third kappa shape index (κ3) is 3.58. The quantitative estimate of drug-likeness (QED) is 0.841. The van der Waals surface area contributed by atoms with Gasteiger partial charge in [0.05, 0.1) is 5.69 Å². The second-order valence-corrected chi connectivity index (χ2v) is 5.30. The van der Waals surface area contributed by atoms with E-state index in [0.717, 1.165) is 46.3 Å². The van der Waals surface area contributed by atoms with E-state index in [2.05, 4.69) is 26.0 Å². The second-order valence-electron chi connectivity index (χ2n) is 4.45. The Morgan fingerprint density at radius 1 is 1.38 bits per heavy atom. The van der Waals surface area contributed by atoms with Gasteiger partial charge in [-0.1, -0.05) is 19.9 Å². The molecule has 2 aromatic rings. The van der Waals surface area contributed by atoms with Crippen molar-refractivity contribution in [1.29, 1.82) is 0 Å². The smallest absolute Gasteiger partial charge is 0.328 e. The number of benzene rings is 1. The molecule has 6 heteroatoms. The van der Waals surface area contributed by atoms with Gasteiger partial charge in [-0.25, -0.2) is 14.5 Å². The molecule has 0 saturated carbocycles. The fraction of sp³-hybridized carbons (Fsp3) is 0.267. The number of aryl methyl sites for hydroxylation is 2. The van der Waals surface area contributed by atoms with Crippen molar-refractivity contribution in [1.82, 2.24) is 14.8 Å². The van der Waals surface area contributed by atoms with Crippen LogP contribution in [0.1, 0.15) is 31.1 Å². The molecule has 2 rings (SSSR count). The maximum Gasteiger partial charge on any atom is 0.328 e. The lowest BCUT2D eigenvalue weighted by atomic mass is 10.2. The van der Waals surface area contributed by atoms with Crippen LogP contribution in [-0.4, -0.2) is 25.8 Å². The lowest BCUT2D eigenvalue weighted by Gasteiger charge is -2.07. The summed E-state index contributed by atoms with van der Waals surface area (Å²) < 4.78 is 2.67. The van der Waals surface area contributed by atoms with Crippen LogP contribution in [0.4, 0.5) is 0 Å². The van der Waals surface area contributed by atoms with Gasteiger partial charge in [-0.15, -0.1) is 0 Å². The van der Waals surface area contributed by atoms with E-state index < -0.39 is 5.97 Å². The van der Waals surface area contributed by atoms with Crippen molar-refractivity contribution < 1.29 is 9.90 Å². The minimum Gasteiger partial charge on any atom is -0.478 e. The topological polar surface area (TPSA) is 68.0 Å². The van der Waals surface area contributed by atoms with Gasteiger partial charge in [0.1, 0.15) is 5.82 Å². The Balaban J connectivity index is 2.41. The highest BCUT2D eigenvalue weighted by Gasteiger charge is 2.11. The first-order valence-corrected chi connectivity index (χ1v) is 7.50. The molecule has 0 radical (unpaired) electrons. The molecular formula is C15H16BrN3O2. The van der Waals surface area contributed by atoms with Crippen LogP contribution in [-0.2, 0) is 17.6 Å². The molecule has 1 N–H and O–H groups in total. The second kappa shape index (κ2) is 6.67. The van der Waals surface area contributed by atoms with Gasteiger partial charge in [-0.2, -0.15) is 5.10 Å². The molecule has 1 aromatic heterocycles. The Morgan fingerprint density at radius 2 is 2.14 bits per heavy atom. The third-order valence-corrected chi connectivity index (χ3v) is 3.60. The maximum absolute atomic E-state index is 10.5. The van der Waals surface area contributed by atoms with Gasteiger partial charge in [0.25, 0.3) is 0 Å². The van der Waals surface area contributed by atoms with E-state index >= 15 is 0 Å². The minimum atomic E-state index is -0.965. The largest absolute Gasteiger partial charge is 0.478 e. The van der Waals surface area contributed by atoms with E-state index in [1.165, 1.54) is 0 Å². The van der Waals surface area contributed by atoms with Crippen LogP contribution in [0.5, 0.6) is 0 Å². The molecule has 0 spiro atoms. The van der Waals surface area contributed by atoms with Crippen molar-refractivity contribution in [2.75, 3.05) is 0 Å². The third-order valence-electron chi connectivity index (χ3n) is 2.97. The summed E-state index contributed by atoms with van der Waals surface area (Å²) in [5.74, 6) is 0.752. The Bertz CT molecular complexity index is 692. The Morgan fingerprint density at radius 3 is 2.71 bits per heavy atom. The van der Waals surface area contributed by atoms with Gasteiger partial charge in [0, 0.05) is 23.4 Å². The van der Waals surface area contributed by atoms with Crippen LogP contribution in [0.25, 0.3) is 11.8 Å². The molecule has 0 aliphatic heterocycles. The normalized spacial score (nSPS) is 11.2. The molecule has 0 bridgehead atoms. The number of aliphatic carboxylic acids is 1. The minimum absolute atomic E-state index is 0.789. The number of hydrogen-bond donors (Lipinski definition) is 1. The predicted octanol–water partition coefficient (Wildman–Crippen LogP) is 3.25. The van der Waals surface area contributed by atoms with E-state index in [4.69, 9.17) is 5.11 Å². The SMILES string of the molecule is CCc1nc(CC)n(-c2ccc(/C=C/C(=O)O)cc2Br)n1. The molecule has 1 heterocycles. The number of aromatic nitrogens is 3. The number of nitrogens with zero attached hydrogens (tertiary/aromatic N) is 3. The summed E-state index contributed by atoms with van der Waals surface area (Å²) >= 11 is 3.52. The summed E-state index contributed by atoms with van der Waals surface area (Å²) in [6.45, 7) is 4.06. The van der Waals surface area contributed by atoms with Gasteiger partial charge >= 0.3 is 5.97 Å². The van der Waals surface area contributed by atoms with Gasteiger partial charge in [-0.05, 0) is 39.7 Å². The molecule has 0 amide bonds. The molecule has 0 fully saturated rings. The lowest BCUT2D eigenvalue weighted by Crippen LogP contribution is -2.03. The summed E-state index contributed by atoms with van der Waals surface area (Å²) in [5.41, 5.74) is 1.70. The first-order valence-electron chi connectivity index (χ1n) is 6.70. The molecular weight excluding hydrogens is 334 g/mol. The highest BCUT2D eigenvalue weighted by atomic mass is 79.9. The summed E-state index contributed by atoms with van der Waals surface area (Å²) in [7, 11) is 0. The summed E-state index contributed by atoms with van der Waals surface area (Å²) in [5, 5.41) is 13.2. The van der Waals surface area contributed by atoms with Crippen molar-refractivity contribution in [3.8, 4) is 5.69 Å². The molecule has 1 aromatic carbocycles. The summed E-state index contributed by atoms with van der Waals surface area (Å²) in [6.07, 6.45) is 4.25. The number of rotatable bonds is 5. The average molecular weight is 350 g/mol. The number of carbonyl (C=O) groups is 1. The first-order chi connectivity index (χ1) is 10.0. The summed E-state index contributed by atoms with van der Waals surface area (Å²) in [4.78, 5) is 15.0. The van der Waals surface area contributed by atoms with Crippen LogP contribution >= 0.6 is 15.9 Å². The van der Waals surface area contributed by atoms with Crippen molar-refractivity contribution in [2.24, 2.45) is 0 Å². The molecule has 5 nitrogen and oxygen atoms in total. The molecule has 0 aliphatic carbocycles. The zero-order chi connectivity index (χ0) is 15.4. The van der Waals surface area contributed by atoms with E-state index in [0.29, 0.717) is 0 Å². The predicted molar refractivity (Wildman–Crippen MR) is 84.5 cm³/mol. The molecule has 0 aliphatic rings. The maximum atomic E-state index is 10.5. The highest BCUT2D eigenvalue weighted by molar-refractivity contribution is 9.10. The number of halogens is 1. The number of hydrogen-bond acceptors (Lipinski definition) is 3. The van der Waals surface area contributed by atoms with Crippen LogP contribution < -0.4 is 0 Å². The Labute approximate surface area is 131 Å². The fourth-order valence-corrected chi connectivity index (χ4v) is 2.49. The van der Waals surface area contributed by atoms with Crippen molar-refractivity contribution in [3.05, 3.63) is 46.0 Å². The van der Waals surface area contributed by atoms with Gasteiger partial charge in [0.15, 0.2) is 5.82 Å². The zero-order valence-electron chi connectivity index (χ0n) is 11.9. The van der Waals surface area contributed by atoms with Crippen LogP contribution in [0.3, 0.4) is 0 Å². The van der Waals surface area contributed by atoms with Crippen molar-refractivity contribution >= 4 is 28.0 Å². The van der Waals surface area contributed by atoms with E-state index in [-0.39, 0.29) is 0 Å². The van der Waals surface area contributed by atoms with Gasteiger partial charge in [-0.3, -0.25) is 0 Å². The Hall–Kier alpha value is -1.95. The average Bonchev–Trinajstić information content (AvgIpc) is 2.88. The standard InChI is InChI=1S/C15H16BrN3O2/c1-3-13-17-14(4-2)19(18-13)12-7-5-10(9-11(12)16)6-8-15(20)21/h5-9H,3-4H2,1-2H3,(H,20,21)/b8-6+. The molecule has 110 valence electrons. The lowest BCUT2D eigenvalue weighted by molar-refractivity contribution is -0.131. The van der Waals surface area contributed by atoms with Crippen LogP contribution in [0, 0.1) is 0 Å². The van der Waals surface area contributed by atoms with Gasteiger partial charge in [0.2, 0.25) is 0 Å². The molecule has 21 heavy (non-hydrogen) atoms. The monoisotopic (exact) mass is 349 g/mol. The van der Waals surface area contributed by atoms with Crippen molar-refractivity contribution in [3.63, 3.8) is 0 Å². The Kier molecular flexibility index (Phi) is 4.90. The molecule has 0 saturated heterocycles. The van der Waals surface area contributed by atoms with E-state index in [1.54, 1.807) is 6.08 Å². The molecule has 0 unspecified atom stereocenters. The fourth-order valence-electron chi connectivity index (χ4n) is 1.93. The zero-order valence-corrected chi connectivity index (χ0v) is 13.5.